The third-order valence-electron chi connectivity index (χ3n) is 2.74. The van der Waals surface area contributed by atoms with E-state index in [0.29, 0.717) is 0 Å². The van der Waals surface area contributed by atoms with Crippen LogP contribution in [-0.4, -0.2) is 40.2 Å². The fourth-order valence-corrected chi connectivity index (χ4v) is 1.62. The van der Waals surface area contributed by atoms with Crippen LogP contribution in [0.1, 0.15) is 11.1 Å². The van der Waals surface area contributed by atoms with E-state index in [-0.39, 0.29) is 6.42 Å². The first-order valence-electron chi connectivity index (χ1n) is 5.65. The lowest BCUT2D eigenvalue weighted by Crippen LogP contribution is -2.39. The minimum absolute atomic E-state index is 0.235. The number of benzene rings is 1. The lowest BCUT2D eigenvalue weighted by atomic mass is 9.99. The molecule has 3 N–H and O–H groups in total. The average molecular weight is 251 g/mol. The Bertz CT molecular complexity index is 415. The van der Waals surface area contributed by atoms with E-state index in [1.165, 1.54) is 0 Å². The van der Waals surface area contributed by atoms with Crippen LogP contribution < -0.4 is 0 Å². The Kier molecular flexibility index (Phi) is 5.61. The number of hydrogen-bond acceptors (Lipinski definition) is 4. The van der Waals surface area contributed by atoms with E-state index >= 15 is 0 Å². The molecular weight excluding hydrogens is 234 g/mol. The van der Waals surface area contributed by atoms with Crippen LogP contribution in [0.2, 0.25) is 0 Å². The number of rotatable bonds is 6. The normalized spacial score (nSPS) is 15.6. The standard InChI is InChI=1S/C12H17N3O3/c1-8-2-4-9(5-3-8)6-11(17)12(18)10(7-16)14-15-13/h2-5,10-12,16-18H,6-7H2,1H3/t10-,11-,12+/m1/s1. The van der Waals surface area contributed by atoms with E-state index in [1.54, 1.807) is 0 Å². The van der Waals surface area contributed by atoms with Gasteiger partial charge < -0.3 is 15.3 Å². The van der Waals surface area contributed by atoms with Crippen LogP contribution in [0.5, 0.6) is 0 Å². The zero-order valence-corrected chi connectivity index (χ0v) is 10.1. The highest BCUT2D eigenvalue weighted by Crippen LogP contribution is 2.11. The summed E-state index contributed by atoms with van der Waals surface area (Å²) in [4.78, 5) is 2.52. The first-order chi connectivity index (χ1) is 8.58. The summed E-state index contributed by atoms with van der Waals surface area (Å²) < 4.78 is 0. The zero-order valence-electron chi connectivity index (χ0n) is 10.1. The molecule has 0 heterocycles. The topological polar surface area (TPSA) is 109 Å². The maximum Gasteiger partial charge on any atom is 0.0909 e. The van der Waals surface area contributed by atoms with E-state index in [1.807, 2.05) is 31.2 Å². The maximum absolute atomic E-state index is 9.82. The van der Waals surface area contributed by atoms with Gasteiger partial charge in [-0.05, 0) is 18.0 Å². The summed E-state index contributed by atoms with van der Waals surface area (Å²) in [6.45, 7) is 1.45. The predicted octanol–water partition coefficient (Wildman–Crippen LogP) is 0.931. The smallest absolute Gasteiger partial charge is 0.0909 e. The first-order valence-corrected chi connectivity index (χ1v) is 5.65. The number of azide groups is 1. The lowest BCUT2D eigenvalue weighted by Gasteiger charge is -2.22. The van der Waals surface area contributed by atoms with Crippen LogP contribution in [0.3, 0.4) is 0 Å². The molecule has 3 atom stereocenters. The van der Waals surface area contributed by atoms with Gasteiger partial charge in [-0.2, -0.15) is 0 Å². The van der Waals surface area contributed by atoms with Crippen molar-refractivity contribution >= 4 is 0 Å². The summed E-state index contributed by atoms with van der Waals surface area (Å²) in [6.07, 6.45) is -2.14. The predicted molar refractivity (Wildman–Crippen MR) is 66.9 cm³/mol. The molecule has 0 saturated heterocycles. The van der Waals surface area contributed by atoms with Crippen molar-refractivity contribution < 1.29 is 15.3 Å². The number of nitrogens with zero attached hydrogens (tertiary/aromatic N) is 3. The van der Waals surface area contributed by atoms with Crippen molar-refractivity contribution in [3.8, 4) is 0 Å². The molecule has 0 aliphatic heterocycles. The van der Waals surface area contributed by atoms with Gasteiger partial charge in [0, 0.05) is 11.3 Å². The molecule has 6 heteroatoms. The Morgan fingerprint density at radius 2 is 1.89 bits per heavy atom. The Morgan fingerprint density at radius 1 is 1.28 bits per heavy atom. The molecule has 18 heavy (non-hydrogen) atoms. The highest BCUT2D eigenvalue weighted by molar-refractivity contribution is 5.22. The Hall–Kier alpha value is -1.59. The van der Waals surface area contributed by atoms with Crippen molar-refractivity contribution in [2.45, 2.75) is 31.6 Å². The number of aliphatic hydroxyl groups excluding tert-OH is 3. The summed E-state index contributed by atoms with van der Waals surface area (Å²) >= 11 is 0. The molecule has 0 unspecified atom stereocenters. The van der Waals surface area contributed by atoms with Crippen LogP contribution in [0.25, 0.3) is 10.4 Å². The van der Waals surface area contributed by atoms with Gasteiger partial charge in [0.2, 0.25) is 0 Å². The molecule has 0 radical (unpaired) electrons. The minimum atomic E-state index is -1.28. The Labute approximate surface area is 105 Å². The Morgan fingerprint density at radius 3 is 2.39 bits per heavy atom. The molecule has 0 aliphatic carbocycles. The molecule has 0 aliphatic rings. The van der Waals surface area contributed by atoms with Crippen LogP contribution in [-0.2, 0) is 6.42 Å². The Balaban J connectivity index is 2.66. The molecule has 0 spiro atoms. The average Bonchev–Trinajstić information content (AvgIpc) is 2.37. The number of aliphatic hydroxyl groups is 3. The van der Waals surface area contributed by atoms with Gasteiger partial charge in [0.1, 0.15) is 0 Å². The molecule has 0 aromatic heterocycles. The quantitative estimate of drug-likeness (QED) is 0.397. The van der Waals surface area contributed by atoms with Crippen LogP contribution in [0.4, 0.5) is 0 Å². The zero-order chi connectivity index (χ0) is 13.5. The molecule has 1 aromatic rings. The third-order valence-corrected chi connectivity index (χ3v) is 2.74. The second kappa shape index (κ2) is 6.98. The van der Waals surface area contributed by atoms with E-state index < -0.39 is 24.9 Å². The monoisotopic (exact) mass is 251 g/mol. The molecular formula is C12H17N3O3. The molecule has 6 nitrogen and oxygen atoms in total. The summed E-state index contributed by atoms with van der Waals surface area (Å²) in [5.41, 5.74) is 10.2. The van der Waals surface area contributed by atoms with Gasteiger partial charge in [0.05, 0.1) is 24.9 Å². The second-order valence-corrected chi connectivity index (χ2v) is 4.20. The lowest BCUT2D eigenvalue weighted by molar-refractivity contribution is -0.00635. The van der Waals surface area contributed by atoms with E-state index in [4.69, 9.17) is 10.6 Å². The summed E-state index contributed by atoms with van der Waals surface area (Å²) in [7, 11) is 0. The van der Waals surface area contributed by atoms with Gasteiger partial charge in [-0.1, -0.05) is 34.9 Å². The maximum atomic E-state index is 9.82. The summed E-state index contributed by atoms with van der Waals surface area (Å²) in [5, 5.41) is 31.8. The van der Waals surface area contributed by atoms with Crippen LogP contribution in [0.15, 0.2) is 29.4 Å². The van der Waals surface area contributed by atoms with Crippen molar-refractivity contribution in [1.82, 2.24) is 0 Å². The molecule has 0 bridgehead atoms. The number of aryl methyl sites for hydroxylation is 1. The van der Waals surface area contributed by atoms with Gasteiger partial charge in [-0.25, -0.2) is 0 Å². The third kappa shape index (κ3) is 4.01. The van der Waals surface area contributed by atoms with E-state index in [2.05, 4.69) is 10.0 Å². The fourth-order valence-electron chi connectivity index (χ4n) is 1.62. The SMILES string of the molecule is Cc1ccc(C[C@@H](O)[C@@H](O)[C@@H](CO)N=[N+]=[N-])cc1. The first kappa shape index (κ1) is 14.5. The molecule has 1 aromatic carbocycles. The number of hydrogen-bond donors (Lipinski definition) is 3. The van der Waals surface area contributed by atoms with Gasteiger partial charge >= 0.3 is 0 Å². The van der Waals surface area contributed by atoms with Gasteiger partial charge in [0.15, 0.2) is 0 Å². The highest BCUT2D eigenvalue weighted by Gasteiger charge is 2.25. The summed E-state index contributed by atoms with van der Waals surface area (Å²) in [6, 6.07) is 6.49. The molecule has 0 fully saturated rings. The summed E-state index contributed by atoms with van der Waals surface area (Å²) in [5.74, 6) is 0. The van der Waals surface area contributed by atoms with Crippen molar-refractivity contribution in [1.29, 1.82) is 0 Å². The van der Waals surface area contributed by atoms with Crippen LogP contribution in [0, 0.1) is 6.92 Å². The van der Waals surface area contributed by atoms with E-state index in [9.17, 15) is 10.2 Å². The second-order valence-electron chi connectivity index (χ2n) is 4.20. The highest BCUT2D eigenvalue weighted by atomic mass is 16.3. The molecule has 0 saturated carbocycles. The minimum Gasteiger partial charge on any atom is -0.396 e. The fraction of sp³-hybridized carbons (Fsp3) is 0.500. The van der Waals surface area contributed by atoms with Crippen molar-refractivity contribution in [2.75, 3.05) is 6.61 Å². The van der Waals surface area contributed by atoms with Gasteiger partial charge in [-0.3, -0.25) is 0 Å². The van der Waals surface area contributed by atoms with E-state index in [0.717, 1.165) is 11.1 Å². The molecule has 98 valence electrons. The van der Waals surface area contributed by atoms with Gasteiger partial charge in [0.25, 0.3) is 0 Å². The van der Waals surface area contributed by atoms with Crippen molar-refractivity contribution in [2.24, 2.45) is 5.11 Å². The largest absolute Gasteiger partial charge is 0.396 e. The van der Waals surface area contributed by atoms with Crippen LogP contribution >= 0.6 is 0 Å². The molecule has 1 rings (SSSR count). The van der Waals surface area contributed by atoms with Crippen molar-refractivity contribution in [3.05, 3.63) is 45.8 Å². The molecule has 0 amide bonds. The van der Waals surface area contributed by atoms with Gasteiger partial charge in [-0.15, -0.1) is 0 Å². The van der Waals surface area contributed by atoms with Crippen molar-refractivity contribution in [3.63, 3.8) is 0 Å².